The van der Waals surface area contributed by atoms with Gasteiger partial charge in [-0.15, -0.1) is 0 Å². The number of Topliss-reactive ketones (excluding diaryl/α,β-unsaturated/α-hetero) is 1. The van der Waals surface area contributed by atoms with Gasteiger partial charge in [-0.3, -0.25) is 4.79 Å². The lowest BCUT2D eigenvalue weighted by Gasteiger charge is -2.09. The Morgan fingerprint density at radius 2 is 2.12 bits per heavy atom. The van der Waals surface area contributed by atoms with Crippen LogP contribution in [0.25, 0.3) is 0 Å². The molecule has 1 saturated carbocycles. The fraction of sp³-hybridized carbons (Fsp3) is 0.333. The molecule has 86 valence electrons. The second-order valence-corrected chi connectivity index (χ2v) is 4.52. The van der Waals surface area contributed by atoms with Crippen molar-refractivity contribution in [1.82, 2.24) is 0 Å². The van der Waals surface area contributed by atoms with Crippen molar-refractivity contribution >= 4 is 5.78 Å². The van der Waals surface area contributed by atoms with Crippen molar-refractivity contribution in [2.45, 2.75) is 19.3 Å². The lowest BCUT2D eigenvalue weighted by atomic mass is 9.94. The molecule has 0 saturated heterocycles. The Morgan fingerprint density at radius 3 is 2.65 bits per heavy atom. The molecule has 1 aliphatic carbocycles. The minimum Gasteiger partial charge on any atom is -0.294 e. The Hall–Kier alpha value is -1.62. The molecule has 2 heteroatoms. The van der Waals surface area contributed by atoms with Crippen LogP contribution >= 0.6 is 0 Å². The fourth-order valence-electron chi connectivity index (χ4n) is 2.28. The van der Waals surface area contributed by atoms with Crippen LogP contribution in [0.3, 0.4) is 0 Å². The van der Waals surface area contributed by atoms with Gasteiger partial charge in [0.25, 0.3) is 0 Å². The van der Waals surface area contributed by atoms with E-state index < -0.39 is 0 Å². The SMILES string of the molecule is [CH2]CC1C[CH]C(C(=O)c2ccc(C#N)cc2)C1. The molecule has 1 aliphatic rings. The Balaban J connectivity index is 2.07. The van der Waals surface area contributed by atoms with E-state index in [2.05, 4.69) is 19.4 Å². The van der Waals surface area contributed by atoms with E-state index in [0.29, 0.717) is 17.0 Å². The molecule has 0 N–H and O–H groups in total. The molecule has 0 amide bonds. The van der Waals surface area contributed by atoms with Crippen LogP contribution < -0.4 is 0 Å². The molecule has 1 aromatic carbocycles. The number of benzene rings is 1. The number of hydrogen-bond acceptors (Lipinski definition) is 2. The topological polar surface area (TPSA) is 40.9 Å². The molecule has 2 nitrogen and oxygen atoms in total. The minimum absolute atomic E-state index is 0.0367. The Labute approximate surface area is 102 Å². The van der Waals surface area contributed by atoms with Crippen LogP contribution in [0.4, 0.5) is 0 Å². The molecule has 0 bridgehead atoms. The highest BCUT2D eigenvalue weighted by Crippen LogP contribution is 2.33. The summed E-state index contributed by atoms with van der Waals surface area (Å²) in [5.74, 6) is 0.766. The van der Waals surface area contributed by atoms with Crippen LogP contribution in [-0.2, 0) is 0 Å². The first-order valence-corrected chi connectivity index (χ1v) is 5.91. The van der Waals surface area contributed by atoms with Gasteiger partial charge in [0, 0.05) is 11.5 Å². The van der Waals surface area contributed by atoms with Crippen LogP contribution in [0.5, 0.6) is 0 Å². The maximum Gasteiger partial charge on any atom is 0.166 e. The van der Waals surface area contributed by atoms with Crippen LogP contribution in [0.2, 0.25) is 0 Å². The smallest absolute Gasteiger partial charge is 0.166 e. The summed E-state index contributed by atoms with van der Waals surface area (Å²) < 4.78 is 0. The molecular weight excluding hydrogens is 210 g/mol. The van der Waals surface area contributed by atoms with E-state index in [4.69, 9.17) is 5.26 Å². The Morgan fingerprint density at radius 1 is 1.41 bits per heavy atom. The van der Waals surface area contributed by atoms with Gasteiger partial charge < -0.3 is 0 Å². The average Bonchev–Trinajstić information content (AvgIpc) is 2.87. The third kappa shape index (κ3) is 2.55. The van der Waals surface area contributed by atoms with Gasteiger partial charge in [-0.05, 0) is 37.3 Å². The van der Waals surface area contributed by atoms with Crippen molar-refractivity contribution in [3.8, 4) is 6.07 Å². The fourth-order valence-corrected chi connectivity index (χ4v) is 2.28. The molecule has 0 aromatic heterocycles. The van der Waals surface area contributed by atoms with Gasteiger partial charge in [-0.25, -0.2) is 0 Å². The number of nitrogens with zero attached hydrogens (tertiary/aromatic N) is 1. The van der Waals surface area contributed by atoms with Crippen molar-refractivity contribution in [3.63, 3.8) is 0 Å². The van der Waals surface area contributed by atoms with Gasteiger partial charge in [0.1, 0.15) is 0 Å². The van der Waals surface area contributed by atoms with E-state index in [1.54, 1.807) is 24.3 Å². The number of carbonyl (C=O) groups is 1. The van der Waals surface area contributed by atoms with Gasteiger partial charge in [0.15, 0.2) is 5.78 Å². The Kier molecular flexibility index (Phi) is 3.58. The van der Waals surface area contributed by atoms with Crippen molar-refractivity contribution in [1.29, 1.82) is 5.26 Å². The van der Waals surface area contributed by atoms with Gasteiger partial charge in [0.05, 0.1) is 11.6 Å². The molecule has 17 heavy (non-hydrogen) atoms. The van der Waals surface area contributed by atoms with E-state index in [0.717, 1.165) is 19.3 Å². The van der Waals surface area contributed by atoms with Gasteiger partial charge >= 0.3 is 0 Å². The highest BCUT2D eigenvalue weighted by Gasteiger charge is 2.29. The number of rotatable bonds is 3. The van der Waals surface area contributed by atoms with E-state index in [-0.39, 0.29) is 11.7 Å². The first-order valence-electron chi connectivity index (χ1n) is 5.91. The highest BCUT2D eigenvalue weighted by atomic mass is 16.1. The van der Waals surface area contributed by atoms with Crippen molar-refractivity contribution in [3.05, 3.63) is 48.7 Å². The zero-order valence-electron chi connectivity index (χ0n) is 9.73. The van der Waals surface area contributed by atoms with E-state index in [1.807, 2.05) is 0 Å². The maximum atomic E-state index is 12.2. The summed E-state index contributed by atoms with van der Waals surface area (Å²) >= 11 is 0. The summed E-state index contributed by atoms with van der Waals surface area (Å²) in [6.07, 6.45) is 4.92. The predicted molar refractivity (Wildman–Crippen MR) is 66.0 cm³/mol. The molecule has 0 aliphatic heterocycles. The Bertz CT molecular complexity index is 441. The summed E-state index contributed by atoms with van der Waals surface area (Å²) in [6, 6.07) is 8.93. The number of ketones is 1. The summed E-state index contributed by atoms with van der Waals surface area (Å²) in [6.45, 7) is 3.89. The molecule has 2 rings (SSSR count). The monoisotopic (exact) mass is 225 g/mol. The third-order valence-electron chi connectivity index (χ3n) is 3.38. The van der Waals surface area contributed by atoms with Crippen LogP contribution in [0.1, 0.15) is 35.2 Å². The van der Waals surface area contributed by atoms with Crippen LogP contribution in [0, 0.1) is 36.5 Å². The summed E-state index contributed by atoms with van der Waals surface area (Å²) in [5.41, 5.74) is 1.29. The highest BCUT2D eigenvalue weighted by molar-refractivity contribution is 5.98. The van der Waals surface area contributed by atoms with Crippen molar-refractivity contribution < 1.29 is 4.79 Å². The second kappa shape index (κ2) is 5.14. The largest absolute Gasteiger partial charge is 0.294 e. The minimum atomic E-state index is 0.0367. The first kappa shape index (κ1) is 11.9. The van der Waals surface area contributed by atoms with E-state index in [1.165, 1.54) is 0 Å². The first-order chi connectivity index (χ1) is 8.24. The van der Waals surface area contributed by atoms with E-state index in [9.17, 15) is 4.79 Å². The van der Waals surface area contributed by atoms with Gasteiger partial charge in [0.2, 0.25) is 0 Å². The second-order valence-electron chi connectivity index (χ2n) is 4.52. The molecule has 0 heterocycles. The summed E-state index contributed by atoms with van der Waals surface area (Å²) in [5, 5.41) is 8.70. The number of nitriles is 1. The summed E-state index contributed by atoms with van der Waals surface area (Å²) in [7, 11) is 0. The van der Waals surface area contributed by atoms with Gasteiger partial charge in [-0.2, -0.15) is 5.26 Å². The summed E-state index contributed by atoms with van der Waals surface area (Å²) in [4.78, 5) is 12.2. The molecule has 1 fully saturated rings. The maximum absolute atomic E-state index is 12.2. The molecule has 0 spiro atoms. The standard InChI is InChI=1S/C15H15NO/c1-2-11-3-8-14(9-11)15(17)13-6-4-12(10-16)5-7-13/h4-8,11,14H,1-3,9H2. The third-order valence-corrected chi connectivity index (χ3v) is 3.38. The average molecular weight is 225 g/mol. The number of carbonyl (C=O) groups excluding carboxylic acids is 1. The predicted octanol–water partition coefficient (Wildman–Crippen LogP) is 3.20. The molecule has 2 radical (unpaired) electrons. The zero-order valence-corrected chi connectivity index (χ0v) is 9.73. The molecule has 2 atom stereocenters. The lowest BCUT2D eigenvalue weighted by Crippen LogP contribution is -2.12. The van der Waals surface area contributed by atoms with Gasteiger partial charge in [-0.1, -0.05) is 25.5 Å². The molecule has 2 unspecified atom stereocenters. The quantitative estimate of drug-likeness (QED) is 0.741. The normalized spacial score (nSPS) is 23.3. The lowest BCUT2D eigenvalue weighted by molar-refractivity contribution is 0.0937. The van der Waals surface area contributed by atoms with Crippen molar-refractivity contribution in [2.24, 2.45) is 11.8 Å². The molecular formula is C15H15NO. The van der Waals surface area contributed by atoms with Crippen LogP contribution in [-0.4, -0.2) is 5.78 Å². The van der Waals surface area contributed by atoms with Crippen molar-refractivity contribution in [2.75, 3.05) is 0 Å². The van der Waals surface area contributed by atoms with E-state index >= 15 is 0 Å². The molecule has 1 aromatic rings. The zero-order chi connectivity index (χ0) is 12.3. The number of hydrogen-bond donors (Lipinski definition) is 0. The van der Waals surface area contributed by atoms with Crippen LogP contribution in [0.15, 0.2) is 24.3 Å².